The Labute approximate surface area is 90.7 Å². The first-order valence-corrected chi connectivity index (χ1v) is 5.65. The molecule has 0 unspecified atom stereocenters. The molecule has 1 N–H and O–H groups in total. The van der Waals surface area contributed by atoms with Gasteiger partial charge in [0.15, 0.2) is 0 Å². The largest absolute Gasteiger partial charge is 0.385 e. The number of carbonyl (C=O) groups is 1. The van der Waals surface area contributed by atoms with Gasteiger partial charge in [0.1, 0.15) is 5.78 Å². The van der Waals surface area contributed by atoms with Gasteiger partial charge in [-0.05, 0) is 30.9 Å². The van der Waals surface area contributed by atoms with Crippen LogP contribution in [0.1, 0.15) is 25.7 Å². The van der Waals surface area contributed by atoms with Crippen molar-refractivity contribution in [1.82, 2.24) is 0 Å². The average molecular weight is 203 g/mol. The molecule has 15 heavy (non-hydrogen) atoms. The lowest BCUT2D eigenvalue weighted by molar-refractivity contribution is -0.121. The van der Waals surface area contributed by atoms with E-state index in [-0.39, 0.29) is 0 Å². The standard InChI is InChI=1S/C13H17NO/c15-13-8-4-5-11(9-13)10-14-12-6-2-1-3-7-12/h1-3,6-7,11,14H,4-5,8-10H2/t11-/m1/s1. The number of Topliss-reactive ketones (excluding diaryl/α,β-unsaturated/α-hetero) is 1. The van der Waals surface area contributed by atoms with Crippen LogP contribution in [0.15, 0.2) is 30.3 Å². The maximum Gasteiger partial charge on any atom is 0.133 e. The zero-order valence-corrected chi connectivity index (χ0v) is 8.91. The van der Waals surface area contributed by atoms with Crippen LogP contribution in [0.25, 0.3) is 0 Å². The van der Waals surface area contributed by atoms with Crippen LogP contribution in [0.3, 0.4) is 0 Å². The summed E-state index contributed by atoms with van der Waals surface area (Å²) in [6.07, 6.45) is 3.81. The lowest BCUT2D eigenvalue weighted by Gasteiger charge is -2.21. The third-order valence-corrected chi connectivity index (χ3v) is 2.95. The van der Waals surface area contributed by atoms with Crippen molar-refractivity contribution >= 4 is 11.5 Å². The quantitative estimate of drug-likeness (QED) is 0.818. The van der Waals surface area contributed by atoms with E-state index in [1.807, 2.05) is 18.2 Å². The summed E-state index contributed by atoms with van der Waals surface area (Å²) in [4.78, 5) is 11.3. The number of rotatable bonds is 3. The van der Waals surface area contributed by atoms with Gasteiger partial charge in [0, 0.05) is 25.1 Å². The second kappa shape index (κ2) is 4.96. The molecule has 2 nitrogen and oxygen atoms in total. The summed E-state index contributed by atoms with van der Waals surface area (Å²) in [7, 11) is 0. The minimum atomic E-state index is 0.432. The number of para-hydroxylation sites is 1. The second-order valence-electron chi connectivity index (χ2n) is 4.25. The van der Waals surface area contributed by atoms with Crippen molar-refractivity contribution in [1.29, 1.82) is 0 Å². The molecule has 1 aliphatic carbocycles. The van der Waals surface area contributed by atoms with Crippen LogP contribution in [0, 0.1) is 5.92 Å². The first kappa shape index (κ1) is 10.2. The molecule has 1 fully saturated rings. The van der Waals surface area contributed by atoms with E-state index < -0.39 is 0 Å². The second-order valence-corrected chi connectivity index (χ2v) is 4.25. The van der Waals surface area contributed by atoms with Gasteiger partial charge in [0.2, 0.25) is 0 Å². The Kier molecular flexibility index (Phi) is 3.38. The van der Waals surface area contributed by atoms with Crippen LogP contribution in [-0.4, -0.2) is 12.3 Å². The van der Waals surface area contributed by atoms with Gasteiger partial charge in [-0.25, -0.2) is 0 Å². The molecule has 1 aromatic carbocycles. The SMILES string of the molecule is O=C1CCC[C@@H](CNc2ccccc2)C1. The van der Waals surface area contributed by atoms with Crippen LogP contribution in [-0.2, 0) is 4.79 Å². The van der Waals surface area contributed by atoms with Gasteiger partial charge < -0.3 is 5.32 Å². The molecule has 2 rings (SSSR count). The fourth-order valence-electron chi connectivity index (χ4n) is 2.11. The third-order valence-electron chi connectivity index (χ3n) is 2.95. The highest BCUT2D eigenvalue weighted by Gasteiger charge is 2.18. The highest BCUT2D eigenvalue weighted by molar-refractivity contribution is 5.79. The average Bonchev–Trinajstić information content (AvgIpc) is 2.28. The predicted octanol–water partition coefficient (Wildman–Crippen LogP) is 2.86. The van der Waals surface area contributed by atoms with Gasteiger partial charge in [-0.3, -0.25) is 4.79 Å². The minimum absolute atomic E-state index is 0.432. The molecule has 1 saturated carbocycles. The molecule has 0 bridgehead atoms. The molecule has 1 atom stereocenters. The van der Waals surface area contributed by atoms with Gasteiger partial charge in [-0.15, -0.1) is 0 Å². The van der Waals surface area contributed by atoms with E-state index >= 15 is 0 Å². The maximum absolute atomic E-state index is 11.3. The zero-order chi connectivity index (χ0) is 10.5. The fraction of sp³-hybridized carbons (Fsp3) is 0.462. The molecule has 0 saturated heterocycles. The van der Waals surface area contributed by atoms with Crippen molar-refractivity contribution in [3.63, 3.8) is 0 Å². The number of benzene rings is 1. The summed E-state index contributed by atoms with van der Waals surface area (Å²) < 4.78 is 0. The molecular weight excluding hydrogens is 186 g/mol. The highest BCUT2D eigenvalue weighted by Crippen LogP contribution is 2.21. The van der Waals surface area contributed by atoms with E-state index in [4.69, 9.17) is 0 Å². The minimum Gasteiger partial charge on any atom is -0.385 e. The van der Waals surface area contributed by atoms with E-state index in [1.54, 1.807) is 0 Å². The molecular formula is C13H17NO. The molecule has 0 spiro atoms. The molecule has 0 aromatic heterocycles. The zero-order valence-electron chi connectivity index (χ0n) is 8.91. The molecule has 80 valence electrons. The summed E-state index contributed by atoms with van der Waals surface area (Å²) in [6.45, 7) is 0.926. The first-order chi connectivity index (χ1) is 7.34. The van der Waals surface area contributed by atoms with Crippen LogP contribution in [0.4, 0.5) is 5.69 Å². The van der Waals surface area contributed by atoms with Crippen LogP contribution in [0.2, 0.25) is 0 Å². The van der Waals surface area contributed by atoms with E-state index in [2.05, 4.69) is 17.4 Å². The third kappa shape index (κ3) is 3.08. The Morgan fingerprint density at radius 2 is 2.07 bits per heavy atom. The van der Waals surface area contributed by atoms with Crippen molar-refractivity contribution in [2.75, 3.05) is 11.9 Å². The lowest BCUT2D eigenvalue weighted by Crippen LogP contribution is -2.22. The molecule has 0 aliphatic heterocycles. The Balaban J connectivity index is 1.80. The lowest BCUT2D eigenvalue weighted by atomic mass is 9.88. The van der Waals surface area contributed by atoms with Crippen molar-refractivity contribution in [3.05, 3.63) is 30.3 Å². The Morgan fingerprint density at radius 3 is 2.80 bits per heavy atom. The highest BCUT2D eigenvalue weighted by atomic mass is 16.1. The predicted molar refractivity (Wildman–Crippen MR) is 61.9 cm³/mol. The molecule has 1 aromatic rings. The summed E-state index contributed by atoms with van der Waals surface area (Å²) in [5, 5.41) is 3.38. The van der Waals surface area contributed by atoms with Crippen molar-refractivity contribution in [2.24, 2.45) is 5.92 Å². The molecule has 0 amide bonds. The number of hydrogen-bond acceptors (Lipinski definition) is 2. The van der Waals surface area contributed by atoms with Crippen molar-refractivity contribution in [3.8, 4) is 0 Å². The fourth-order valence-corrected chi connectivity index (χ4v) is 2.11. The van der Waals surface area contributed by atoms with Crippen LogP contribution in [0.5, 0.6) is 0 Å². The molecule has 0 heterocycles. The topological polar surface area (TPSA) is 29.1 Å². The number of carbonyl (C=O) groups excluding carboxylic acids is 1. The number of anilines is 1. The van der Waals surface area contributed by atoms with Gasteiger partial charge in [-0.2, -0.15) is 0 Å². The van der Waals surface area contributed by atoms with E-state index in [9.17, 15) is 4.79 Å². The van der Waals surface area contributed by atoms with E-state index in [0.29, 0.717) is 11.7 Å². The summed E-state index contributed by atoms with van der Waals surface area (Å²) >= 11 is 0. The smallest absolute Gasteiger partial charge is 0.133 e. The van der Waals surface area contributed by atoms with Crippen LogP contribution < -0.4 is 5.32 Å². The normalized spacial score (nSPS) is 21.3. The number of ketones is 1. The monoisotopic (exact) mass is 203 g/mol. The maximum atomic E-state index is 11.3. The summed E-state index contributed by atoms with van der Waals surface area (Å²) in [6, 6.07) is 10.2. The van der Waals surface area contributed by atoms with Crippen molar-refractivity contribution in [2.45, 2.75) is 25.7 Å². The Hall–Kier alpha value is -1.31. The number of hydrogen-bond donors (Lipinski definition) is 1. The molecule has 0 radical (unpaired) electrons. The van der Waals surface area contributed by atoms with Gasteiger partial charge >= 0.3 is 0 Å². The van der Waals surface area contributed by atoms with Gasteiger partial charge in [-0.1, -0.05) is 18.2 Å². The van der Waals surface area contributed by atoms with Crippen molar-refractivity contribution < 1.29 is 4.79 Å². The van der Waals surface area contributed by atoms with Gasteiger partial charge in [0.05, 0.1) is 0 Å². The van der Waals surface area contributed by atoms with E-state index in [0.717, 1.165) is 31.5 Å². The number of nitrogens with one attached hydrogen (secondary N) is 1. The van der Waals surface area contributed by atoms with E-state index in [1.165, 1.54) is 6.42 Å². The molecule has 2 heteroatoms. The first-order valence-electron chi connectivity index (χ1n) is 5.65. The van der Waals surface area contributed by atoms with Crippen LogP contribution >= 0.6 is 0 Å². The Bertz CT molecular complexity index is 321. The Morgan fingerprint density at radius 1 is 1.27 bits per heavy atom. The summed E-state index contributed by atoms with van der Waals surface area (Å²) in [5.41, 5.74) is 1.15. The summed E-state index contributed by atoms with van der Waals surface area (Å²) in [5.74, 6) is 0.965. The van der Waals surface area contributed by atoms with Gasteiger partial charge in [0.25, 0.3) is 0 Å². The molecule has 1 aliphatic rings.